The van der Waals surface area contributed by atoms with Crippen molar-refractivity contribution in [3.05, 3.63) is 28.7 Å². The van der Waals surface area contributed by atoms with Crippen molar-refractivity contribution in [3.8, 4) is 5.75 Å². The largest absolute Gasteiger partial charge is 0.492 e. The first-order chi connectivity index (χ1) is 8.08. The number of hydrogen-bond acceptors (Lipinski definition) is 3. The van der Waals surface area contributed by atoms with E-state index in [2.05, 4.69) is 15.9 Å². The lowest BCUT2D eigenvalue weighted by Gasteiger charge is -2.15. The second-order valence-corrected chi connectivity index (χ2v) is 4.67. The van der Waals surface area contributed by atoms with Gasteiger partial charge in [-0.3, -0.25) is 4.79 Å². The number of halogens is 1. The van der Waals surface area contributed by atoms with Gasteiger partial charge in [-0.15, -0.1) is 0 Å². The van der Waals surface area contributed by atoms with Gasteiger partial charge < -0.3 is 14.7 Å². The van der Waals surface area contributed by atoms with Gasteiger partial charge in [-0.1, -0.05) is 22.0 Å². The Bertz CT molecular complexity index is 371. The minimum absolute atomic E-state index is 0.160. The summed E-state index contributed by atoms with van der Waals surface area (Å²) in [5.74, 6) is 0.0377. The summed E-state index contributed by atoms with van der Waals surface area (Å²) in [7, 11) is 1.88. The van der Waals surface area contributed by atoms with E-state index in [1.54, 1.807) is 0 Å². The van der Waals surface area contributed by atoms with E-state index in [4.69, 9.17) is 9.84 Å². The van der Waals surface area contributed by atoms with Crippen LogP contribution in [0.4, 0.5) is 0 Å². The van der Waals surface area contributed by atoms with Gasteiger partial charge in [0.15, 0.2) is 0 Å². The van der Waals surface area contributed by atoms with E-state index in [0.717, 1.165) is 10.2 Å². The number of aliphatic carboxylic acids is 1. The third kappa shape index (κ3) is 6.28. The maximum Gasteiger partial charge on any atom is 0.304 e. The van der Waals surface area contributed by atoms with Crippen LogP contribution in [0.3, 0.4) is 0 Å². The number of carboxylic acid groups (broad SMARTS) is 1. The van der Waals surface area contributed by atoms with Crippen LogP contribution in [0.15, 0.2) is 28.7 Å². The number of benzene rings is 1. The van der Waals surface area contributed by atoms with Gasteiger partial charge in [0.05, 0.1) is 6.42 Å². The highest BCUT2D eigenvalue weighted by atomic mass is 79.9. The molecule has 0 aromatic heterocycles. The number of carbonyl (C=O) groups is 1. The van der Waals surface area contributed by atoms with Crippen molar-refractivity contribution in [1.29, 1.82) is 0 Å². The summed E-state index contributed by atoms with van der Waals surface area (Å²) in [4.78, 5) is 12.3. The van der Waals surface area contributed by atoms with Crippen molar-refractivity contribution in [1.82, 2.24) is 4.90 Å². The molecule has 0 heterocycles. The molecule has 1 N–H and O–H groups in total. The van der Waals surface area contributed by atoms with Crippen molar-refractivity contribution < 1.29 is 14.6 Å². The molecule has 94 valence electrons. The minimum Gasteiger partial charge on any atom is -0.492 e. The number of carboxylic acids is 1. The second kappa shape index (κ2) is 7.29. The maximum atomic E-state index is 10.4. The van der Waals surface area contributed by atoms with Crippen LogP contribution in [0.5, 0.6) is 5.75 Å². The second-order valence-electron chi connectivity index (χ2n) is 3.75. The topological polar surface area (TPSA) is 49.8 Å². The fourth-order valence-electron chi connectivity index (χ4n) is 1.27. The lowest BCUT2D eigenvalue weighted by molar-refractivity contribution is -0.137. The summed E-state index contributed by atoms with van der Waals surface area (Å²) < 4.78 is 6.53. The Balaban J connectivity index is 2.21. The van der Waals surface area contributed by atoms with Gasteiger partial charge in [0.2, 0.25) is 0 Å². The Hall–Kier alpha value is -1.07. The van der Waals surface area contributed by atoms with Gasteiger partial charge in [0.1, 0.15) is 12.4 Å². The molecular formula is C12H16BrNO3. The standard InChI is InChI=1S/C12H16BrNO3/c1-14(6-5-12(15)16)7-8-17-11-4-2-3-10(13)9-11/h2-4,9H,5-8H2,1H3,(H,15,16). The van der Waals surface area contributed by atoms with E-state index in [-0.39, 0.29) is 6.42 Å². The zero-order valence-electron chi connectivity index (χ0n) is 9.73. The summed E-state index contributed by atoms with van der Waals surface area (Å²) in [6.07, 6.45) is 0.160. The molecule has 0 aliphatic heterocycles. The predicted molar refractivity (Wildman–Crippen MR) is 69.4 cm³/mol. The van der Waals surface area contributed by atoms with Crippen molar-refractivity contribution >= 4 is 21.9 Å². The third-order valence-electron chi connectivity index (χ3n) is 2.25. The smallest absolute Gasteiger partial charge is 0.304 e. The SMILES string of the molecule is CN(CCOc1cccc(Br)c1)CCC(=O)O. The summed E-state index contributed by atoms with van der Waals surface area (Å²) in [6, 6.07) is 7.64. The lowest BCUT2D eigenvalue weighted by atomic mass is 10.3. The zero-order valence-corrected chi connectivity index (χ0v) is 11.3. The first-order valence-corrected chi connectivity index (χ1v) is 6.16. The molecule has 0 atom stereocenters. The van der Waals surface area contributed by atoms with E-state index in [1.807, 2.05) is 36.2 Å². The predicted octanol–water partition coefficient (Wildman–Crippen LogP) is 2.23. The third-order valence-corrected chi connectivity index (χ3v) is 2.74. The number of hydrogen-bond donors (Lipinski definition) is 1. The van der Waals surface area contributed by atoms with Gasteiger partial charge in [-0.25, -0.2) is 0 Å². The van der Waals surface area contributed by atoms with Crippen LogP contribution in [0.25, 0.3) is 0 Å². The molecule has 0 saturated heterocycles. The number of rotatable bonds is 7. The normalized spacial score (nSPS) is 10.5. The van der Waals surface area contributed by atoms with Crippen LogP contribution in [-0.2, 0) is 4.79 Å². The summed E-state index contributed by atoms with van der Waals surface area (Å²) in [6.45, 7) is 1.80. The van der Waals surface area contributed by atoms with E-state index in [9.17, 15) is 4.79 Å². The van der Waals surface area contributed by atoms with E-state index in [0.29, 0.717) is 19.7 Å². The molecule has 1 rings (SSSR count). The maximum absolute atomic E-state index is 10.4. The van der Waals surface area contributed by atoms with Gasteiger partial charge >= 0.3 is 5.97 Å². The highest BCUT2D eigenvalue weighted by Gasteiger charge is 2.02. The van der Waals surface area contributed by atoms with E-state index < -0.39 is 5.97 Å². The van der Waals surface area contributed by atoms with Crippen LogP contribution in [-0.4, -0.2) is 42.7 Å². The van der Waals surface area contributed by atoms with Crippen LogP contribution < -0.4 is 4.74 Å². The molecule has 5 heteroatoms. The Kier molecular flexibility index (Phi) is 6.00. The fourth-order valence-corrected chi connectivity index (χ4v) is 1.65. The van der Waals surface area contributed by atoms with Crippen molar-refractivity contribution in [2.24, 2.45) is 0 Å². The first kappa shape index (κ1) is 14.0. The number of ether oxygens (including phenoxy) is 1. The molecule has 4 nitrogen and oxygen atoms in total. The van der Waals surface area contributed by atoms with Crippen LogP contribution in [0.1, 0.15) is 6.42 Å². The Morgan fingerprint density at radius 1 is 1.47 bits per heavy atom. The molecule has 17 heavy (non-hydrogen) atoms. The number of likely N-dealkylation sites (N-methyl/N-ethyl adjacent to an activating group) is 1. The molecule has 0 bridgehead atoms. The quantitative estimate of drug-likeness (QED) is 0.839. The molecule has 0 amide bonds. The van der Waals surface area contributed by atoms with Crippen LogP contribution >= 0.6 is 15.9 Å². The Labute approximate surface area is 109 Å². The minimum atomic E-state index is -0.773. The molecule has 1 aromatic rings. The van der Waals surface area contributed by atoms with Crippen molar-refractivity contribution in [2.75, 3.05) is 26.7 Å². The molecular weight excluding hydrogens is 286 g/mol. The average molecular weight is 302 g/mol. The molecule has 0 unspecified atom stereocenters. The molecule has 0 saturated carbocycles. The van der Waals surface area contributed by atoms with Gasteiger partial charge in [0.25, 0.3) is 0 Å². The van der Waals surface area contributed by atoms with Gasteiger partial charge in [-0.2, -0.15) is 0 Å². The van der Waals surface area contributed by atoms with Crippen LogP contribution in [0.2, 0.25) is 0 Å². The molecule has 0 fully saturated rings. The van der Waals surface area contributed by atoms with Crippen LogP contribution in [0, 0.1) is 0 Å². The van der Waals surface area contributed by atoms with E-state index in [1.165, 1.54) is 0 Å². The average Bonchev–Trinajstić information content (AvgIpc) is 2.26. The fraction of sp³-hybridized carbons (Fsp3) is 0.417. The lowest BCUT2D eigenvalue weighted by Crippen LogP contribution is -2.26. The number of nitrogens with zero attached hydrogens (tertiary/aromatic N) is 1. The molecule has 0 spiro atoms. The molecule has 1 aromatic carbocycles. The summed E-state index contributed by atoms with van der Waals surface area (Å²) in [5, 5.41) is 8.53. The van der Waals surface area contributed by atoms with Crippen molar-refractivity contribution in [3.63, 3.8) is 0 Å². The Morgan fingerprint density at radius 2 is 2.24 bits per heavy atom. The molecule has 0 aliphatic carbocycles. The first-order valence-electron chi connectivity index (χ1n) is 5.36. The Morgan fingerprint density at radius 3 is 2.88 bits per heavy atom. The zero-order chi connectivity index (χ0) is 12.7. The van der Waals surface area contributed by atoms with Gasteiger partial charge in [-0.05, 0) is 25.2 Å². The highest BCUT2D eigenvalue weighted by Crippen LogP contribution is 2.17. The van der Waals surface area contributed by atoms with Gasteiger partial charge in [0, 0.05) is 17.6 Å². The van der Waals surface area contributed by atoms with E-state index >= 15 is 0 Å². The molecule has 0 radical (unpaired) electrons. The summed E-state index contributed by atoms with van der Waals surface area (Å²) in [5.41, 5.74) is 0. The monoisotopic (exact) mass is 301 g/mol. The summed E-state index contributed by atoms with van der Waals surface area (Å²) >= 11 is 3.37. The van der Waals surface area contributed by atoms with Crippen molar-refractivity contribution in [2.45, 2.75) is 6.42 Å². The highest BCUT2D eigenvalue weighted by molar-refractivity contribution is 9.10. The molecule has 0 aliphatic rings.